The number of rotatable bonds is 10. The van der Waals surface area contributed by atoms with Crippen molar-refractivity contribution in [2.45, 2.75) is 84.3 Å². The standard InChI is InChI=1S/C14H30O2/c1-4-7-9-12(6-3)10-14(16)11-13(15)8-5-2/h12-16H,4-11H2,1-3H3. The van der Waals surface area contributed by atoms with Crippen LogP contribution in [-0.4, -0.2) is 22.4 Å². The Bertz CT molecular complexity index is 148. The fraction of sp³-hybridized carbons (Fsp3) is 1.00. The summed E-state index contributed by atoms with van der Waals surface area (Å²) in [5.74, 6) is 0.628. The molecule has 2 nitrogen and oxygen atoms in total. The molecule has 3 atom stereocenters. The summed E-state index contributed by atoms with van der Waals surface area (Å²) in [6.45, 7) is 6.45. The largest absolute Gasteiger partial charge is 0.393 e. The van der Waals surface area contributed by atoms with Crippen LogP contribution in [0.3, 0.4) is 0 Å². The van der Waals surface area contributed by atoms with Gasteiger partial charge in [0, 0.05) is 0 Å². The van der Waals surface area contributed by atoms with Crippen molar-refractivity contribution >= 4 is 0 Å². The zero-order valence-corrected chi connectivity index (χ0v) is 11.3. The van der Waals surface area contributed by atoms with Crippen molar-refractivity contribution in [1.29, 1.82) is 0 Å². The normalized spacial score (nSPS) is 17.1. The van der Waals surface area contributed by atoms with Gasteiger partial charge in [-0.3, -0.25) is 0 Å². The molecular formula is C14H30O2. The molecule has 0 aromatic rings. The molecule has 0 rings (SSSR count). The van der Waals surface area contributed by atoms with Crippen LogP contribution in [0.4, 0.5) is 0 Å². The Balaban J connectivity index is 3.76. The summed E-state index contributed by atoms with van der Waals surface area (Å²) in [5, 5.41) is 19.5. The minimum atomic E-state index is -0.316. The van der Waals surface area contributed by atoms with Gasteiger partial charge in [0.25, 0.3) is 0 Å². The summed E-state index contributed by atoms with van der Waals surface area (Å²) in [4.78, 5) is 0. The lowest BCUT2D eigenvalue weighted by Crippen LogP contribution is -2.20. The first-order chi connectivity index (χ1) is 7.63. The predicted molar refractivity (Wildman–Crippen MR) is 69.5 cm³/mol. The van der Waals surface area contributed by atoms with Gasteiger partial charge in [0.05, 0.1) is 12.2 Å². The molecule has 0 aromatic heterocycles. The highest BCUT2D eigenvalue weighted by atomic mass is 16.3. The quantitative estimate of drug-likeness (QED) is 0.603. The fourth-order valence-corrected chi connectivity index (χ4v) is 2.23. The Morgan fingerprint density at radius 2 is 1.50 bits per heavy atom. The number of aliphatic hydroxyl groups excluding tert-OH is 2. The summed E-state index contributed by atoms with van der Waals surface area (Å²) < 4.78 is 0. The third-order valence-electron chi connectivity index (χ3n) is 3.31. The molecule has 0 amide bonds. The van der Waals surface area contributed by atoms with E-state index in [9.17, 15) is 10.2 Å². The number of hydrogen-bond donors (Lipinski definition) is 2. The van der Waals surface area contributed by atoms with Gasteiger partial charge in [0.2, 0.25) is 0 Å². The molecule has 98 valence electrons. The first-order valence-electron chi connectivity index (χ1n) is 7.00. The third kappa shape index (κ3) is 8.12. The van der Waals surface area contributed by atoms with Gasteiger partial charge in [0.1, 0.15) is 0 Å². The van der Waals surface area contributed by atoms with Crippen LogP contribution in [0.15, 0.2) is 0 Å². The molecule has 2 N–H and O–H groups in total. The summed E-state index contributed by atoms with van der Waals surface area (Å²) in [6.07, 6.45) is 7.41. The zero-order chi connectivity index (χ0) is 12.4. The van der Waals surface area contributed by atoms with Gasteiger partial charge < -0.3 is 10.2 Å². The first-order valence-corrected chi connectivity index (χ1v) is 7.00. The third-order valence-corrected chi connectivity index (χ3v) is 3.31. The van der Waals surface area contributed by atoms with Crippen molar-refractivity contribution < 1.29 is 10.2 Å². The van der Waals surface area contributed by atoms with Crippen molar-refractivity contribution in [1.82, 2.24) is 0 Å². The minimum Gasteiger partial charge on any atom is -0.393 e. The molecule has 0 fully saturated rings. The molecule has 0 aliphatic carbocycles. The average Bonchev–Trinajstić information content (AvgIpc) is 2.24. The van der Waals surface area contributed by atoms with E-state index in [-0.39, 0.29) is 12.2 Å². The summed E-state index contributed by atoms with van der Waals surface area (Å²) in [5.41, 5.74) is 0. The van der Waals surface area contributed by atoms with Gasteiger partial charge in [-0.05, 0) is 25.2 Å². The van der Waals surface area contributed by atoms with Crippen LogP contribution in [0.2, 0.25) is 0 Å². The van der Waals surface area contributed by atoms with E-state index in [0.717, 1.165) is 25.7 Å². The molecule has 0 aliphatic heterocycles. The highest BCUT2D eigenvalue weighted by molar-refractivity contribution is 4.68. The lowest BCUT2D eigenvalue weighted by Gasteiger charge is -2.20. The smallest absolute Gasteiger partial charge is 0.0567 e. The van der Waals surface area contributed by atoms with E-state index < -0.39 is 0 Å². The first kappa shape index (κ1) is 15.9. The Morgan fingerprint density at radius 3 is 2.00 bits per heavy atom. The second kappa shape index (κ2) is 10.1. The maximum Gasteiger partial charge on any atom is 0.0567 e. The van der Waals surface area contributed by atoms with Crippen molar-refractivity contribution in [2.75, 3.05) is 0 Å². The van der Waals surface area contributed by atoms with Crippen LogP contribution in [0.1, 0.15) is 72.1 Å². The summed E-state index contributed by atoms with van der Waals surface area (Å²) >= 11 is 0. The van der Waals surface area contributed by atoms with E-state index >= 15 is 0 Å². The maximum atomic E-state index is 9.89. The molecule has 0 aliphatic rings. The van der Waals surface area contributed by atoms with Gasteiger partial charge in [-0.1, -0.05) is 52.9 Å². The molecule has 0 saturated carbocycles. The van der Waals surface area contributed by atoms with Crippen molar-refractivity contribution in [3.8, 4) is 0 Å². The number of aliphatic hydroxyl groups is 2. The Hall–Kier alpha value is -0.0800. The molecule has 2 heteroatoms. The van der Waals surface area contributed by atoms with Gasteiger partial charge in [0.15, 0.2) is 0 Å². The molecule has 3 unspecified atom stereocenters. The molecule has 0 bridgehead atoms. The van der Waals surface area contributed by atoms with Crippen LogP contribution in [0, 0.1) is 5.92 Å². The van der Waals surface area contributed by atoms with E-state index in [2.05, 4.69) is 20.8 Å². The second-order valence-corrected chi connectivity index (χ2v) is 4.98. The van der Waals surface area contributed by atoms with Gasteiger partial charge >= 0.3 is 0 Å². The van der Waals surface area contributed by atoms with Crippen LogP contribution >= 0.6 is 0 Å². The molecule has 0 radical (unpaired) electrons. The highest BCUT2D eigenvalue weighted by Gasteiger charge is 2.15. The predicted octanol–water partition coefficient (Wildman–Crippen LogP) is 3.50. The van der Waals surface area contributed by atoms with E-state index in [4.69, 9.17) is 0 Å². The van der Waals surface area contributed by atoms with Crippen molar-refractivity contribution in [3.63, 3.8) is 0 Å². The van der Waals surface area contributed by atoms with Crippen molar-refractivity contribution in [3.05, 3.63) is 0 Å². The molecule has 0 spiro atoms. The Labute approximate surface area is 101 Å². The van der Waals surface area contributed by atoms with Gasteiger partial charge in [-0.2, -0.15) is 0 Å². The molecule has 16 heavy (non-hydrogen) atoms. The van der Waals surface area contributed by atoms with Crippen LogP contribution in [0.5, 0.6) is 0 Å². The molecular weight excluding hydrogens is 200 g/mol. The minimum absolute atomic E-state index is 0.316. The van der Waals surface area contributed by atoms with E-state index in [1.807, 2.05) is 0 Å². The van der Waals surface area contributed by atoms with Gasteiger partial charge in [-0.25, -0.2) is 0 Å². The number of unbranched alkanes of at least 4 members (excludes halogenated alkanes) is 1. The molecule has 0 heterocycles. The lowest BCUT2D eigenvalue weighted by atomic mass is 9.91. The molecule has 0 saturated heterocycles. The van der Waals surface area contributed by atoms with Crippen LogP contribution < -0.4 is 0 Å². The van der Waals surface area contributed by atoms with Gasteiger partial charge in [-0.15, -0.1) is 0 Å². The Morgan fingerprint density at radius 1 is 0.812 bits per heavy atom. The van der Waals surface area contributed by atoms with Crippen molar-refractivity contribution in [2.24, 2.45) is 5.92 Å². The number of hydrogen-bond acceptors (Lipinski definition) is 2. The molecule has 0 aromatic carbocycles. The zero-order valence-electron chi connectivity index (χ0n) is 11.3. The highest BCUT2D eigenvalue weighted by Crippen LogP contribution is 2.21. The van der Waals surface area contributed by atoms with E-state index in [1.54, 1.807) is 0 Å². The average molecular weight is 230 g/mol. The maximum absolute atomic E-state index is 9.89. The topological polar surface area (TPSA) is 40.5 Å². The lowest BCUT2D eigenvalue weighted by molar-refractivity contribution is 0.0593. The SMILES string of the molecule is CCCCC(CC)CC(O)CC(O)CCC. The van der Waals surface area contributed by atoms with Crippen LogP contribution in [-0.2, 0) is 0 Å². The summed E-state index contributed by atoms with van der Waals surface area (Å²) in [7, 11) is 0. The van der Waals surface area contributed by atoms with E-state index in [0.29, 0.717) is 12.3 Å². The fourth-order valence-electron chi connectivity index (χ4n) is 2.23. The second-order valence-electron chi connectivity index (χ2n) is 4.98. The van der Waals surface area contributed by atoms with Crippen LogP contribution in [0.25, 0.3) is 0 Å². The summed E-state index contributed by atoms with van der Waals surface area (Å²) in [6, 6.07) is 0. The Kier molecular flexibility index (Phi) is 10.0. The van der Waals surface area contributed by atoms with E-state index in [1.165, 1.54) is 19.3 Å². The monoisotopic (exact) mass is 230 g/mol.